The zero-order valence-corrected chi connectivity index (χ0v) is 12.4. The Hall–Kier alpha value is -1.70. The second-order valence-corrected chi connectivity index (χ2v) is 7.31. The quantitative estimate of drug-likeness (QED) is 0.863. The number of carboxylic acid groups (broad SMARTS) is 1. The van der Waals surface area contributed by atoms with Crippen molar-refractivity contribution in [3.8, 4) is 0 Å². The van der Waals surface area contributed by atoms with Crippen LogP contribution in [0.2, 0.25) is 0 Å². The van der Waals surface area contributed by atoms with E-state index in [0.717, 1.165) is 0 Å². The first-order valence-corrected chi connectivity index (χ1v) is 8.05. The highest BCUT2D eigenvalue weighted by molar-refractivity contribution is 7.91. The topological polar surface area (TPSA) is 100 Å². The van der Waals surface area contributed by atoms with Gasteiger partial charge in [0.25, 0.3) is 0 Å². The highest BCUT2D eigenvalue weighted by Gasteiger charge is 2.33. The van der Waals surface area contributed by atoms with Crippen LogP contribution in [0.4, 0.5) is 5.82 Å². The van der Waals surface area contributed by atoms with Gasteiger partial charge in [-0.1, -0.05) is 0 Å². The number of hydrogen-bond donors (Lipinski definition) is 1. The number of aromatic nitrogens is 2. The molecule has 1 aromatic heterocycles. The van der Waals surface area contributed by atoms with Gasteiger partial charge in [0, 0.05) is 13.1 Å². The van der Waals surface area contributed by atoms with Crippen molar-refractivity contribution < 1.29 is 18.3 Å². The Kier molecular flexibility index (Phi) is 3.68. The predicted octanol–water partition coefficient (Wildman–Crippen LogP) is 0.415. The SMILES string of the molecule is Cc1nnc(N(C)C2CCS(=O)(=O)C2)c(C(=O)O)c1C. The van der Waals surface area contributed by atoms with Crippen LogP contribution in [0.15, 0.2) is 0 Å². The number of anilines is 1. The van der Waals surface area contributed by atoms with Crippen LogP contribution in [0.5, 0.6) is 0 Å². The minimum atomic E-state index is -3.04. The van der Waals surface area contributed by atoms with Crippen LogP contribution >= 0.6 is 0 Å². The maximum Gasteiger partial charge on any atom is 0.339 e. The minimum absolute atomic E-state index is 0.0250. The van der Waals surface area contributed by atoms with Crippen molar-refractivity contribution in [1.82, 2.24) is 10.2 Å². The van der Waals surface area contributed by atoms with E-state index >= 15 is 0 Å². The molecule has 1 fully saturated rings. The molecule has 0 spiro atoms. The van der Waals surface area contributed by atoms with Crippen molar-refractivity contribution in [1.29, 1.82) is 0 Å². The van der Waals surface area contributed by atoms with Gasteiger partial charge in [-0.05, 0) is 25.8 Å². The fourth-order valence-corrected chi connectivity index (χ4v) is 4.13. The molecular weight excluding hydrogens is 282 g/mol. The van der Waals surface area contributed by atoms with Crippen LogP contribution in [0, 0.1) is 13.8 Å². The Bertz CT molecular complexity index is 657. The van der Waals surface area contributed by atoms with E-state index in [1.807, 2.05) is 0 Å². The molecule has 20 heavy (non-hydrogen) atoms. The van der Waals surface area contributed by atoms with E-state index in [9.17, 15) is 18.3 Å². The number of hydrogen-bond acceptors (Lipinski definition) is 6. The van der Waals surface area contributed by atoms with Gasteiger partial charge in [-0.3, -0.25) is 0 Å². The maximum atomic E-state index is 11.5. The molecule has 2 heterocycles. The van der Waals surface area contributed by atoms with Crippen LogP contribution in [0.25, 0.3) is 0 Å². The van der Waals surface area contributed by atoms with Gasteiger partial charge in [0.2, 0.25) is 0 Å². The third-order valence-electron chi connectivity index (χ3n) is 3.74. The van der Waals surface area contributed by atoms with Crippen molar-refractivity contribution in [2.24, 2.45) is 0 Å². The second kappa shape index (κ2) is 5.01. The molecule has 110 valence electrons. The van der Waals surface area contributed by atoms with Crippen molar-refractivity contribution >= 4 is 21.6 Å². The van der Waals surface area contributed by atoms with Gasteiger partial charge in [-0.15, -0.1) is 5.10 Å². The Morgan fingerprint density at radius 3 is 2.50 bits per heavy atom. The molecule has 0 aromatic carbocycles. The fourth-order valence-electron chi connectivity index (χ4n) is 2.35. The lowest BCUT2D eigenvalue weighted by atomic mass is 10.1. The lowest BCUT2D eigenvalue weighted by Crippen LogP contribution is -2.35. The van der Waals surface area contributed by atoms with Crippen LogP contribution in [-0.2, 0) is 9.84 Å². The number of aromatic carboxylic acids is 1. The summed E-state index contributed by atoms with van der Waals surface area (Å²) >= 11 is 0. The number of carboxylic acids is 1. The first-order chi connectivity index (χ1) is 9.23. The lowest BCUT2D eigenvalue weighted by molar-refractivity contribution is 0.0696. The molecule has 1 atom stereocenters. The zero-order valence-electron chi connectivity index (χ0n) is 11.6. The van der Waals surface area contributed by atoms with Crippen LogP contribution in [-0.4, -0.2) is 54.3 Å². The van der Waals surface area contributed by atoms with Crippen molar-refractivity contribution in [3.63, 3.8) is 0 Å². The van der Waals surface area contributed by atoms with Gasteiger partial charge in [-0.2, -0.15) is 5.10 Å². The average Bonchev–Trinajstić information content (AvgIpc) is 2.71. The lowest BCUT2D eigenvalue weighted by Gasteiger charge is -2.26. The summed E-state index contributed by atoms with van der Waals surface area (Å²) in [6.45, 7) is 3.37. The number of carbonyl (C=O) groups is 1. The van der Waals surface area contributed by atoms with Crippen molar-refractivity contribution in [2.75, 3.05) is 23.5 Å². The molecule has 7 nitrogen and oxygen atoms in total. The molecule has 0 radical (unpaired) electrons. The predicted molar refractivity (Wildman–Crippen MR) is 73.9 cm³/mol. The number of rotatable bonds is 3. The van der Waals surface area contributed by atoms with E-state index in [1.54, 1.807) is 25.8 Å². The Labute approximate surface area is 117 Å². The van der Waals surface area contributed by atoms with Gasteiger partial charge >= 0.3 is 5.97 Å². The van der Waals surface area contributed by atoms with E-state index in [1.165, 1.54) is 0 Å². The average molecular weight is 299 g/mol. The van der Waals surface area contributed by atoms with Crippen LogP contribution in [0.1, 0.15) is 28.0 Å². The first kappa shape index (κ1) is 14.7. The summed E-state index contributed by atoms with van der Waals surface area (Å²) in [6.07, 6.45) is 0.479. The van der Waals surface area contributed by atoms with Crippen molar-refractivity contribution in [2.45, 2.75) is 26.3 Å². The third-order valence-corrected chi connectivity index (χ3v) is 5.49. The summed E-state index contributed by atoms with van der Waals surface area (Å²) in [7, 11) is -1.37. The van der Waals surface area contributed by atoms with Gasteiger partial charge in [0.05, 0.1) is 17.2 Å². The van der Waals surface area contributed by atoms with E-state index < -0.39 is 15.8 Å². The zero-order chi connectivity index (χ0) is 15.1. The van der Waals surface area contributed by atoms with E-state index in [0.29, 0.717) is 17.7 Å². The summed E-state index contributed by atoms with van der Waals surface area (Å²) in [5, 5.41) is 17.3. The standard InChI is InChI=1S/C12H17N3O4S/c1-7-8(2)13-14-11(10(7)12(16)17)15(3)9-4-5-20(18,19)6-9/h9H,4-6H2,1-3H3,(H,16,17). The smallest absolute Gasteiger partial charge is 0.339 e. The highest BCUT2D eigenvalue weighted by Crippen LogP contribution is 2.26. The number of sulfone groups is 1. The second-order valence-electron chi connectivity index (χ2n) is 5.08. The van der Waals surface area contributed by atoms with Gasteiger partial charge in [0.15, 0.2) is 15.7 Å². The minimum Gasteiger partial charge on any atom is -0.478 e. The summed E-state index contributed by atoms with van der Waals surface area (Å²) in [6, 6.07) is -0.255. The van der Waals surface area contributed by atoms with Crippen LogP contribution in [0.3, 0.4) is 0 Å². The normalized spacial score (nSPS) is 20.9. The van der Waals surface area contributed by atoms with Crippen LogP contribution < -0.4 is 4.90 Å². The first-order valence-electron chi connectivity index (χ1n) is 6.23. The molecule has 0 aliphatic carbocycles. The molecule has 1 aliphatic rings. The summed E-state index contributed by atoms with van der Waals surface area (Å²) in [5.41, 5.74) is 1.19. The Morgan fingerprint density at radius 1 is 1.35 bits per heavy atom. The largest absolute Gasteiger partial charge is 0.478 e. The van der Waals surface area contributed by atoms with Gasteiger partial charge in [-0.25, -0.2) is 13.2 Å². The molecule has 0 amide bonds. The molecule has 1 N–H and O–H groups in total. The molecule has 1 aliphatic heterocycles. The number of aryl methyl sites for hydroxylation is 1. The molecule has 8 heteroatoms. The molecular formula is C12H17N3O4S. The Balaban J connectivity index is 2.43. The van der Waals surface area contributed by atoms with Crippen molar-refractivity contribution in [3.05, 3.63) is 16.8 Å². The molecule has 1 saturated heterocycles. The van der Waals surface area contributed by atoms with Gasteiger partial charge < -0.3 is 10.0 Å². The monoisotopic (exact) mass is 299 g/mol. The van der Waals surface area contributed by atoms with E-state index in [4.69, 9.17) is 0 Å². The molecule has 2 rings (SSSR count). The van der Waals surface area contributed by atoms with E-state index in [2.05, 4.69) is 10.2 Å². The maximum absolute atomic E-state index is 11.5. The third kappa shape index (κ3) is 2.60. The Morgan fingerprint density at radius 2 is 2.00 bits per heavy atom. The summed E-state index contributed by atoms with van der Waals surface area (Å²) < 4.78 is 23.1. The highest BCUT2D eigenvalue weighted by atomic mass is 32.2. The molecule has 0 bridgehead atoms. The molecule has 0 saturated carbocycles. The number of nitrogens with zero attached hydrogens (tertiary/aromatic N) is 3. The molecule has 1 aromatic rings. The summed E-state index contributed by atoms with van der Waals surface area (Å²) in [4.78, 5) is 13.0. The molecule has 1 unspecified atom stereocenters. The summed E-state index contributed by atoms with van der Waals surface area (Å²) in [5.74, 6) is -0.703. The van der Waals surface area contributed by atoms with Gasteiger partial charge in [0.1, 0.15) is 5.56 Å². The van der Waals surface area contributed by atoms with E-state index in [-0.39, 0.29) is 28.9 Å². The fraction of sp³-hybridized carbons (Fsp3) is 0.583.